The van der Waals surface area contributed by atoms with E-state index in [0.717, 1.165) is 18.4 Å². The van der Waals surface area contributed by atoms with E-state index in [1.54, 1.807) is 13.0 Å². The lowest BCUT2D eigenvalue weighted by Gasteiger charge is -2.20. The van der Waals surface area contributed by atoms with Gasteiger partial charge in [-0.1, -0.05) is 79.5 Å². The topological polar surface area (TPSA) is 81.0 Å². The first-order valence-electron chi connectivity index (χ1n) is 13.0. The van der Waals surface area contributed by atoms with Gasteiger partial charge in [-0.25, -0.2) is 0 Å². The number of carbonyl (C=O) groups is 1. The van der Waals surface area contributed by atoms with Crippen molar-refractivity contribution in [2.24, 2.45) is 5.92 Å². The Hall–Kier alpha value is -3.17. The zero-order valence-corrected chi connectivity index (χ0v) is 22.4. The van der Waals surface area contributed by atoms with Gasteiger partial charge in [-0.3, -0.25) is 4.79 Å². The third-order valence-corrected chi connectivity index (χ3v) is 6.35. The molecule has 0 aliphatic heterocycles. The summed E-state index contributed by atoms with van der Waals surface area (Å²) in [5.74, 6) is 5.84. The van der Waals surface area contributed by atoms with E-state index in [0.29, 0.717) is 18.4 Å². The fourth-order valence-electron chi connectivity index (χ4n) is 4.09. The molecule has 0 saturated heterocycles. The summed E-state index contributed by atoms with van der Waals surface area (Å²) in [5, 5.41) is 31.3. The number of aryl methyl sites for hydroxylation is 1. The maximum atomic E-state index is 12.3. The van der Waals surface area contributed by atoms with Gasteiger partial charge in [-0.05, 0) is 61.1 Å². The molecule has 37 heavy (non-hydrogen) atoms. The maximum Gasteiger partial charge on any atom is 0.249 e. The number of aliphatic hydroxyl groups excluding tert-OH is 3. The van der Waals surface area contributed by atoms with Gasteiger partial charge in [0.1, 0.15) is 0 Å². The number of fused-ring (bicyclic) bond motifs is 1. The summed E-state index contributed by atoms with van der Waals surface area (Å²) in [6.07, 6.45) is 10.2. The molecule has 5 nitrogen and oxygen atoms in total. The molecule has 1 amide bonds. The van der Waals surface area contributed by atoms with E-state index < -0.39 is 6.10 Å². The van der Waals surface area contributed by atoms with E-state index in [1.807, 2.05) is 26.0 Å². The third kappa shape index (κ3) is 10.4. The van der Waals surface area contributed by atoms with E-state index in [2.05, 4.69) is 60.4 Å². The van der Waals surface area contributed by atoms with Crippen LogP contribution in [0, 0.1) is 17.8 Å². The van der Waals surface area contributed by atoms with Crippen LogP contribution in [0.3, 0.4) is 0 Å². The minimum Gasteiger partial charge on any atom is -0.395 e. The van der Waals surface area contributed by atoms with Gasteiger partial charge in [0, 0.05) is 31.0 Å². The molecule has 0 fully saturated rings. The SMILES string of the molecule is C/C(=C\CCC#C/C=C/[C@@H](C)[C@@H](O)/C(C)=C/CCc1ccc2ccccc2c1)C(=O)N(CCO)CCO. The van der Waals surface area contributed by atoms with Crippen LogP contribution in [0.25, 0.3) is 10.8 Å². The smallest absolute Gasteiger partial charge is 0.249 e. The molecule has 0 unspecified atom stereocenters. The standard InChI is InChI=1S/C32H41NO4/c1-25(12-7-5-4-6-8-13-27(3)32(37)33(20-22-34)21-23-35)31(36)26(2)14-11-15-28-18-19-29-16-9-10-17-30(29)24-28/h7,9-10,12-14,16-19,24-25,31,34-36H,6,8,11,15,20-23H2,1-3H3/b12-7+,26-14+,27-13+/t25-,31-/m1/s1. The molecule has 2 rings (SSSR count). The van der Waals surface area contributed by atoms with E-state index in [4.69, 9.17) is 10.2 Å². The third-order valence-electron chi connectivity index (χ3n) is 6.35. The Morgan fingerprint density at radius 2 is 1.70 bits per heavy atom. The molecule has 2 atom stereocenters. The molecule has 0 radical (unpaired) electrons. The molecule has 3 N–H and O–H groups in total. The second-order valence-corrected chi connectivity index (χ2v) is 9.32. The lowest BCUT2D eigenvalue weighted by molar-refractivity contribution is -0.128. The zero-order valence-electron chi connectivity index (χ0n) is 22.4. The Kier molecular flexibility index (Phi) is 13.4. The van der Waals surface area contributed by atoms with Crippen LogP contribution in [-0.4, -0.2) is 58.5 Å². The highest BCUT2D eigenvalue weighted by molar-refractivity contribution is 5.92. The van der Waals surface area contributed by atoms with Gasteiger partial charge in [0.15, 0.2) is 0 Å². The summed E-state index contributed by atoms with van der Waals surface area (Å²) in [4.78, 5) is 13.8. The van der Waals surface area contributed by atoms with Crippen LogP contribution in [0.2, 0.25) is 0 Å². The molecule has 0 aromatic heterocycles. The average molecular weight is 504 g/mol. The molecule has 0 saturated carbocycles. The van der Waals surface area contributed by atoms with Crippen molar-refractivity contribution in [2.45, 2.75) is 52.6 Å². The van der Waals surface area contributed by atoms with E-state index in [9.17, 15) is 9.90 Å². The molecule has 198 valence electrons. The van der Waals surface area contributed by atoms with Crippen LogP contribution in [0.4, 0.5) is 0 Å². The van der Waals surface area contributed by atoms with Crippen LogP contribution < -0.4 is 0 Å². The number of aliphatic hydroxyl groups is 3. The molecule has 2 aromatic carbocycles. The number of allylic oxidation sites excluding steroid dienone is 3. The fourth-order valence-corrected chi connectivity index (χ4v) is 4.09. The molecule has 0 bridgehead atoms. The largest absolute Gasteiger partial charge is 0.395 e. The number of carbonyl (C=O) groups excluding carboxylic acids is 1. The van der Waals surface area contributed by atoms with Crippen molar-refractivity contribution >= 4 is 16.7 Å². The molecular weight excluding hydrogens is 462 g/mol. The Morgan fingerprint density at radius 1 is 1.00 bits per heavy atom. The Morgan fingerprint density at radius 3 is 2.41 bits per heavy atom. The van der Waals surface area contributed by atoms with Crippen molar-refractivity contribution in [1.29, 1.82) is 0 Å². The summed E-state index contributed by atoms with van der Waals surface area (Å²) < 4.78 is 0. The first-order chi connectivity index (χ1) is 17.9. The predicted molar refractivity (Wildman–Crippen MR) is 152 cm³/mol. The zero-order chi connectivity index (χ0) is 27.0. The number of amides is 1. The summed E-state index contributed by atoms with van der Waals surface area (Å²) >= 11 is 0. The van der Waals surface area contributed by atoms with Gasteiger partial charge >= 0.3 is 0 Å². The van der Waals surface area contributed by atoms with Crippen molar-refractivity contribution in [3.63, 3.8) is 0 Å². The van der Waals surface area contributed by atoms with Crippen LogP contribution in [-0.2, 0) is 11.2 Å². The average Bonchev–Trinajstić information content (AvgIpc) is 2.91. The second kappa shape index (κ2) is 16.6. The quantitative estimate of drug-likeness (QED) is 0.159. The predicted octanol–water partition coefficient (Wildman–Crippen LogP) is 4.82. The van der Waals surface area contributed by atoms with E-state index >= 15 is 0 Å². The number of benzene rings is 2. The van der Waals surface area contributed by atoms with Gasteiger partial charge in [0.25, 0.3) is 0 Å². The molecular formula is C32H41NO4. The van der Waals surface area contributed by atoms with Crippen molar-refractivity contribution < 1.29 is 20.1 Å². The van der Waals surface area contributed by atoms with Crippen LogP contribution in [0.1, 0.15) is 45.6 Å². The van der Waals surface area contributed by atoms with Crippen molar-refractivity contribution in [1.82, 2.24) is 4.90 Å². The van der Waals surface area contributed by atoms with Crippen LogP contribution >= 0.6 is 0 Å². The van der Waals surface area contributed by atoms with Crippen molar-refractivity contribution in [2.75, 3.05) is 26.3 Å². The highest BCUT2D eigenvalue weighted by atomic mass is 16.3. The first kappa shape index (κ1) is 30.1. The van der Waals surface area contributed by atoms with Gasteiger partial charge in [-0.2, -0.15) is 0 Å². The lowest BCUT2D eigenvalue weighted by Crippen LogP contribution is -2.36. The van der Waals surface area contributed by atoms with Gasteiger partial charge in [0.05, 0.1) is 19.3 Å². The Balaban J connectivity index is 1.77. The summed E-state index contributed by atoms with van der Waals surface area (Å²) in [6, 6.07) is 14.9. The second-order valence-electron chi connectivity index (χ2n) is 9.32. The summed E-state index contributed by atoms with van der Waals surface area (Å²) in [5.41, 5.74) is 2.84. The summed E-state index contributed by atoms with van der Waals surface area (Å²) in [6.45, 7) is 5.83. The molecule has 0 aliphatic carbocycles. The number of rotatable bonds is 13. The van der Waals surface area contributed by atoms with Gasteiger partial charge in [0.2, 0.25) is 5.91 Å². The molecule has 0 spiro atoms. The summed E-state index contributed by atoms with van der Waals surface area (Å²) in [7, 11) is 0. The van der Waals surface area contributed by atoms with Gasteiger partial charge < -0.3 is 20.2 Å². The Bertz CT molecular complexity index is 1150. The van der Waals surface area contributed by atoms with Crippen molar-refractivity contribution in [3.8, 4) is 11.8 Å². The highest BCUT2D eigenvalue weighted by Crippen LogP contribution is 2.18. The maximum absolute atomic E-state index is 12.3. The number of hydrogen-bond acceptors (Lipinski definition) is 4. The number of unbranched alkanes of at least 4 members (excludes halogenated alkanes) is 1. The first-order valence-corrected chi connectivity index (χ1v) is 13.0. The monoisotopic (exact) mass is 503 g/mol. The van der Waals surface area contributed by atoms with E-state index in [-0.39, 0.29) is 38.1 Å². The highest BCUT2D eigenvalue weighted by Gasteiger charge is 2.14. The molecule has 5 heteroatoms. The van der Waals surface area contributed by atoms with Crippen LogP contribution in [0.5, 0.6) is 0 Å². The van der Waals surface area contributed by atoms with Crippen LogP contribution in [0.15, 0.2) is 77.9 Å². The van der Waals surface area contributed by atoms with Crippen molar-refractivity contribution in [3.05, 3.63) is 83.5 Å². The normalized spacial score (nSPS) is 13.9. The molecule has 0 heterocycles. The minimum atomic E-state index is -0.549. The number of nitrogens with zero attached hydrogens (tertiary/aromatic N) is 1. The van der Waals surface area contributed by atoms with E-state index in [1.165, 1.54) is 21.2 Å². The minimum absolute atomic E-state index is 0.0463. The lowest BCUT2D eigenvalue weighted by atomic mass is 9.96. The molecule has 2 aromatic rings. The Labute approximate surface area is 221 Å². The number of hydrogen-bond donors (Lipinski definition) is 3. The fraction of sp³-hybridized carbons (Fsp3) is 0.406. The molecule has 0 aliphatic rings. The van der Waals surface area contributed by atoms with Gasteiger partial charge in [-0.15, -0.1) is 0 Å².